The lowest BCUT2D eigenvalue weighted by Gasteiger charge is -2.18. The molecule has 0 aromatic heterocycles. The van der Waals surface area contributed by atoms with Crippen LogP contribution in [0.25, 0.3) is 0 Å². The van der Waals surface area contributed by atoms with E-state index in [4.69, 9.17) is 19.3 Å². The van der Waals surface area contributed by atoms with Crippen LogP contribution in [-0.4, -0.2) is 41.0 Å². The van der Waals surface area contributed by atoms with Crippen LogP contribution in [0.4, 0.5) is 0 Å². The lowest BCUT2D eigenvalue weighted by atomic mass is 10.0. The summed E-state index contributed by atoms with van der Waals surface area (Å²) in [5, 5.41) is 0. The van der Waals surface area contributed by atoms with Crippen molar-refractivity contribution in [3.63, 3.8) is 0 Å². The van der Waals surface area contributed by atoms with Crippen molar-refractivity contribution in [1.82, 2.24) is 0 Å². The maximum absolute atomic E-state index is 12.4. The van der Waals surface area contributed by atoms with Gasteiger partial charge in [-0.1, -0.05) is 208 Å². The zero-order valence-electron chi connectivity index (χ0n) is 38.1. The Morgan fingerprint density at radius 2 is 0.833 bits per heavy atom. The molecule has 0 radical (unpaired) electrons. The molecule has 9 heteroatoms. The van der Waals surface area contributed by atoms with Crippen molar-refractivity contribution in [3.8, 4) is 0 Å². The predicted molar refractivity (Wildman–Crippen MR) is 253 cm³/mol. The quantitative estimate of drug-likeness (QED) is 0.0269. The van der Waals surface area contributed by atoms with Crippen LogP contribution in [0.3, 0.4) is 0 Å². The average Bonchev–Trinajstić information content (AvgIpc) is 3.22. The van der Waals surface area contributed by atoms with E-state index in [-0.39, 0.29) is 19.4 Å². The van der Waals surface area contributed by atoms with Crippen molar-refractivity contribution in [2.75, 3.05) is 13.2 Å². The number of ether oxygens (including phenoxy) is 2. The Bertz CT molecular complexity index is 1240. The van der Waals surface area contributed by atoms with Crippen LogP contribution in [0.15, 0.2) is 85.1 Å². The number of carbonyl (C=O) groups is 2. The molecule has 0 saturated heterocycles. The number of allylic oxidation sites excluding steroid dienone is 14. The maximum atomic E-state index is 12.4. The molecular weight excluding hydrogens is 772 g/mol. The van der Waals surface area contributed by atoms with Crippen LogP contribution in [0, 0.1) is 0 Å². The molecule has 0 aliphatic carbocycles. The van der Waals surface area contributed by atoms with Gasteiger partial charge in [0.15, 0.2) is 6.10 Å². The third kappa shape index (κ3) is 47.9. The van der Waals surface area contributed by atoms with Gasteiger partial charge in [-0.3, -0.25) is 14.1 Å². The molecule has 0 aliphatic heterocycles. The predicted octanol–water partition coefficient (Wildman–Crippen LogP) is 15.2. The zero-order chi connectivity index (χ0) is 43.9. The summed E-state index contributed by atoms with van der Waals surface area (Å²) < 4.78 is 26.4. The fourth-order valence-electron chi connectivity index (χ4n) is 6.40. The summed E-state index contributed by atoms with van der Waals surface area (Å²) in [4.78, 5) is 42.9. The number of hydrogen-bond acceptors (Lipinski definition) is 6. The third-order valence-electron chi connectivity index (χ3n) is 9.91. The number of carbonyl (C=O) groups excluding carboxylic acids is 2. The number of rotatable bonds is 43. The monoisotopic (exact) mass is 859 g/mol. The molecule has 0 aromatic carbocycles. The minimum atomic E-state index is -4.79. The second kappa shape index (κ2) is 45.7. The van der Waals surface area contributed by atoms with Gasteiger partial charge in [-0.15, -0.1) is 0 Å². The SMILES string of the molecule is CC/C=C/C/C=C/C/C=C/C/C=C/C/C=C/C/C=C/CCC(=O)O[C@H](COC(=O)CCC/C=C/CCCCCCCCCCCCCCCCCCCC)COP(=O)(O)O. The Morgan fingerprint density at radius 3 is 1.27 bits per heavy atom. The molecule has 0 amide bonds. The van der Waals surface area contributed by atoms with Crippen molar-refractivity contribution in [2.24, 2.45) is 0 Å². The third-order valence-corrected chi connectivity index (χ3v) is 10.4. The van der Waals surface area contributed by atoms with Crippen LogP contribution in [0.2, 0.25) is 0 Å². The highest BCUT2D eigenvalue weighted by Gasteiger charge is 2.22. The molecule has 0 heterocycles. The van der Waals surface area contributed by atoms with E-state index in [9.17, 15) is 14.2 Å². The van der Waals surface area contributed by atoms with Crippen molar-refractivity contribution >= 4 is 19.8 Å². The second-order valence-electron chi connectivity index (χ2n) is 15.7. The molecule has 60 heavy (non-hydrogen) atoms. The first kappa shape index (κ1) is 57.2. The first-order chi connectivity index (χ1) is 29.3. The van der Waals surface area contributed by atoms with Crippen LogP contribution < -0.4 is 0 Å². The molecule has 0 bridgehead atoms. The van der Waals surface area contributed by atoms with Gasteiger partial charge in [0.05, 0.1) is 6.61 Å². The van der Waals surface area contributed by atoms with Gasteiger partial charge in [0.25, 0.3) is 0 Å². The molecule has 0 aromatic rings. The van der Waals surface area contributed by atoms with Crippen molar-refractivity contribution in [1.29, 1.82) is 0 Å². The topological polar surface area (TPSA) is 119 Å². The average molecular weight is 859 g/mol. The Balaban J connectivity index is 3.98. The fraction of sp³-hybridized carbons (Fsp3) is 0.686. The number of phosphoric ester groups is 1. The summed E-state index contributed by atoms with van der Waals surface area (Å²) in [6.45, 7) is 3.50. The normalized spacial score (nSPS) is 13.2. The van der Waals surface area contributed by atoms with E-state index in [1.54, 1.807) is 0 Å². The van der Waals surface area contributed by atoms with Crippen LogP contribution in [0.1, 0.15) is 206 Å². The van der Waals surface area contributed by atoms with Crippen LogP contribution in [-0.2, 0) is 28.2 Å². The van der Waals surface area contributed by atoms with Crippen LogP contribution >= 0.6 is 7.82 Å². The highest BCUT2D eigenvalue weighted by molar-refractivity contribution is 7.46. The van der Waals surface area contributed by atoms with Crippen LogP contribution in [0.5, 0.6) is 0 Å². The molecule has 0 unspecified atom stereocenters. The molecule has 0 spiro atoms. The smallest absolute Gasteiger partial charge is 0.462 e. The summed E-state index contributed by atoms with van der Waals surface area (Å²) in [7, 11) is -4.79. The first-order valence-electron chi connectivity index (χ1n) is 23.9. The van der Waals surface area contributed by atoms with E-state index in [1.165, 1.54) is 116 Å². The largest absolute Gasteiger partial charge is 0.469 e. The maximum Gasteiger partial charge on any atom is 0.469 e. The van der Waals surface area contributed by atoms with Gasteiger partial charge in [-0.25, -0.2) is 4.57 Å². The first-order valence-corrected chi connectivity index (χ1v) is 25.4. The van der Waals surface area contributed by atoms with E-state index in [0.717, 1.165) is 51.4 Å². The van der Waals surface area contributed by atoms with Crippen molar-refractivity contribution < 1.29 is 37.9 Å². The fourth-order valence-corrected chi connectivity index (χ4v) is 6.76. The van der Waals surface area contributed by atoms with Gasteiger partial charge in [0.1, 0.15) is 6.61 Å². The zero-order valence-corrected chi connectivity index (χ0v) is 39.0. The summed E-state index contributed by atoms with van der Waals surface area (Å²) in [6.07, 6.45) is 62.0. The van der Waals surface area contributed by atoms with Crippen molar-refractivity contribution in [3.05, 3.63) is 85.1 Å². The summed E-state index contributed by atoms with van der Waals surface area (Å²) in [6, 6.07) is 0. The van der Waals surface area contributed by atoms with Gasteiger partial charge in [0.2, 0.25) is 0 Å². The van der Waals surface area contributed by atoms with E-state index in [1.807, 2.05) is 12.2 Å². The Morgan fingerprint density at radius 1 is 0.450 bits per heavy atom. The Kier molecular flexibility index (Phi) is 43.6. The molecule has 0 rings (SSSR count). The van der Waals surface area contributed by atoms with E-state index in [0.29, 0.717) is 12.8 Å². The molecule has 0 fully saturated rings. The van der Waals surface area contributed by atoms with Gasteiger partial charge >= 0.3 is 19.8 Å². The Hall–Kier alpha value is -2.77. The van der Waals surface area contributed by atoms with E-state index >= 15 is 0 Å². The van der Waals surface area contributed by atoms with E-state index < -0.39 is 32.5 Å². The van der Waals surface area contributed by atoms with Gasteiger partial charge in [-0.05, 0) is 70.6 Å². The molecular formula is C51H87O8P. The molecule has 0 aliphatic rings. The summed E-state index contributed by atoms with van der Waals surface area (Å²) in [5.41, 5.74) is 0. The lowest BCUT2D eigenvalue weighted by Crippen LogP contribution is -2.29. The molecule has 8 nitrogen and oxygen atoms in total. The molecule has 1 atom stereocenters. The molecule has 344 valence electrons. The summed E-state index contributed by atoms with van der Waals surface area (Å²) >= 11 is 0. The summed E-state index contributed by atoms with van der Waals surface area (Å²) in [5.74, 6) is -1.02. The van der Waals surface area contributed by atoms with Crippen molar-refractivity contribution in [2.45, 2.75) is 213 Å². The highest BCUT2D eigenvalue weighted by atomic mass is 31.2. The number of phosphoric acid groups is 1. The lowest BCUT2D eigenvalue weighted by molar-refractivity contribution is -0.161. The van der Waals surface area contributed by atoms with Gasteiger partial charge < -0.3 is 19.3 Å². The second-order valence-corrected chi connectivity index (χ2v) is 16.9. The highest BCUT2D eigenvalue weighted by Crippen LogP contribution is 2.36. The standard InChI is InChI=1S/C51H87O8P/c1-3-5-7-9-11-13-15-17-19-21-23-24-25-26-28-29-31-33-35-37-39-41-43-45-50(52)57-47-49(48-58-60(54,55)56)59-51(53)46-44-42-40-38-36-34-32-30-27-22-20-18-16-14-12-10-8-6-4-2/h6,8,12,14,18,20,27,30,34,36-37,39-40,42,49H,3-5,7,9-11,13,15-17,19,21-26,28-29,31-33,35,38,41,43-48H2,1-2H3,(H2,54,55,56)/b8-6+,14-12+,20-18+,30-27+,36-34+,39-37+,42-40+/t49-/m1/s1. The number of esters is 2. The number of unbranched alkanes of at least 4 members (excludes halogenated alkanes) is 19. The molecule has 0 saturated carbocycles. The minimum Gasteiger partial charge on any atom is -0.462 e. The van der Waals surface area contributed by atoms with E-state index in [2.05, 4.69) is 91.3 Å². The number of hydrogen-bond donors (Lipinski definition) is 2. The Labute approximate surface area is 367 Å². The van der Waals surface area contributed by atoms with Gasteiger partial charge in [-0.2, -0.15) is 0 Å². The van der Waals surface area contributed by atoms with Gasteiger partial charge in [0, 0.05) is 12.8 Å². The minimum absolute atomic E-state index is 0.0777. The molecule has 2 N–H and O–H groups in total.